The highest BCUT2D eigenvalue weighted by Crippen LogP contribution is 2.39. The van der Waals surface area contributed by atoms with E-state index in [4.69, 9.17) is 9.40 Å². The summed E-state index contributed by atoms with van der Waals surface area (Å²) in [5.41, 5.74) is 8.20. The van der Waals surface area contributed by atoms with Crippen molar-refractivity contribution in [1.82, 2.24) is 19.7 Å². The number of fused-ring (bicyclic) bond motifs is 6. The van der Waals surface area contributed by atoms with Gasteiger partial charge >= 0.3 is 0 Å². The average molecular weight is 489 g/mol. The van der Waals surface area contributed by atoms with Crippen molar-refractivity contribution in [1.29, 1.82) is 0 Å². The number of nitrogens with zero attached hydrogens (tertiary/aromatic N) is 4. The summed E-state index contributed by atoms with van der Waals surface area (Å²) in [6, 6.07) is 41.3. The zero-order chi connectivity index (χ0) is 25.1. The molecule has 0 radical (unpaired) electrons. The molecule has 5 nitrogen and oxygen atoms in total. The summed E-state index contributed by atoms with van der Waals surface area (Å²) in [4.78, 5) is 5.02. The van der Waals surface area contributed by atoms with Gasteiger partial charge < -0.3 is 4.42 Å². The van der Waals surface area contributed by atoms with Crippen LogP contribution in [0.2, 0.25) is 0 Å². The normalized spacial score (nSPS) is 11.7. The van der Waals surface area contributed by atoms with Crippen LogP contribution in [0.3, 0.4) is 0 Å². The average Bonchev–Trinajstić information content (AvgIpc) is 3.56. The van der Waals surface area contributed by atoms with Crippen LogP contribution in [0.5, 0.6) is 0 Å². The predicted molar refractivity (Wildman–Crippen MR) is 152 cm³/mol. The number of para-hydroxylation sites is 2. The van der Waals surface area contributed by atoms with Gasteiger partial charge in [0, 0.05) is 21.8 Å². The van der Waals surface area contributed by atoms with E-state index in [-0.39, 0.29) is 0 Å². The molecule has 0 saturated heterocycles. The summed E-state index contributed by atoms with van der Waals surface area (Å²) in [6.45, 7) is 0. The lowest BCUT2D eigenvalue weighted by atomic mass is 10.0. The van der Waals surface area contributed by atoms with Gasteiger partial charge in [-0.25, -0.2) is 4.98 Å². The highest BCUT2D eigenvalue weighted by molar-refractivity contribution is 6.11. The van der Waals surface area contributed by atoms with E-state index >= 15 is 0 Å². The smallest absolute Gasteiger partial charge is 0.201 e. The summed E-state index contributed by atoms with van der Waals surface area (Å²) in [6.07, 6.45) is 0. The minimum Gasteiger partial charge on any atom is -0.455 e. The standard InChI is InChI=1S/C33H20N4O/c1-3-10-21(11-4-1)22-18-19-24-25-15-9-16-27(31(25)38-29(24)20-22)33-34-32-30(37(33)23-12-5-2-6-13-23)26-14-7-8-17-28(26)35-36-32/h1-20H. The molecule has 8 aromatic rings. The molecule has 3 heterocycles. The van der Waals surface area contributed by atoms with Gasteiger partial charge in [0.15, 0.2) is 5.82 Å². The Bertz CT molecular complexity index is 2130. The first-order valence-electron chi connectivity index (χ1n) is 12.6. The Morgan fingerprint density at radius 3 is 2.21 bits per heavy atom. The molecular formula is C33H20N4O. The van der Waals surface area contributed by atoms with Gasteiger partial charge in [0.05, 0.1) is 11.1 Å². The lowest BCUT2D eigenvalue weighted by molar-refractivity contribution is 0.669. The van der Waals surface area contributed by atoms with Gasteiger partial charge in [-0.2, -0.15) is 0 Å². The summed E-state index contributed by atoms with van der Waals surface area (Å²) >= 11 is 0. The third kappa shape index (κ3) is 3.09. The number of benzene rings is 5. The van der Waals surface area contributed by atoms with E-state index in [9.17, 15) is 0 Å². The lowest BCUT2D eigenvalue weighted by Crippen LogP contribution is -1.98. The SMILES string of the molecule is c1ccc(-c2ccc3c(c2)oc2c(-c4nc5nnc6ccccc6c5n4-c4ccccc4)cccc23)cc1. The molecule has 0 aliphatic rings. The zero-order valence-electron chi connectivity index (χ0n) is 20.2. The van der Waals surface area contributed by atoms with Crippen molar-refractivity contribution in [2.75, 3.05) is 0 Å². The van der Waals surface area contributed by atoms with Crippen LogP contribution in [0.4, 0.5) is 0 Å². The van der Waals surface area contributed by atoms with Gasteiger partial charge in [-0.05, 0) is 47.5 Å². The Morgan fingerprint density at radius 1 is 0.579 bits per heavy atom. The van der Waals surface area contributed by atoms with Crippen LogP contribution in [0.15, 0.2) is 126 Å². The second-order valence-corrected chi connectivity index (χ2v) is 9.36. The van der Waals surface area contributed by atoms with E-state index in [1.165, 1.54) is 0 Å². The molecule has 0 saturated carbocycles. The number of hydrogen-bond donors (Lipinski definition) is 0. The molecule has 5 heteroatoms. The Hall–Kier alpha value is -5.29. The monoisotopic (exact) mass is 488 g/mol. The maximum absolute atomic E-state index is 6.59. The Kier molecular flexibility index (Phi) is 4.45. The largest absolute Gasteiger partial charge is 0.455 e. The van der Waals surface area contributed by atoms with E-state index < -0.39 is 0 Å². The fraction of sp³-hybridized carbons (Fsp3) is 0. The zero-order valence-corrected chi connectivity index (χ0v) is 20.2. The second kappa shape index (κ2) is 8.11. The van der Waals surface area contributed by atoms with E-state index in [0.29, 0.717) is 5.65 Å². The van der Waals surface area contributed by atoms with Crippen molar-refractivity contribution >= 4 is 44.0 Å². The third-order valence-corrected chi connectivity index (χ3v) is 7.13. The molecule has 0 atom stereocenters. The van der Waals surface area contributed by atoms with Crippen LogP contribution in [-0.2, 0) is 0 Å². The van der Waals surface area contributed by atoms with Crippen LogP contribution in [0.1, 0.15) is 0 Å². The highest BCUT2D eigenvalue weighted by atomic mass is 16.3. The summed E-state index contributed by atoms with van der Waals surface area (Å²) in [5.74, 6) is 0.768. The van der Waals surface area contributed by atoms with E-state index in [1.807, 2.05) is 42.5 Å². The molecule has 0 amide bonds. The van der Waals surface area contributed by atoms with Crippen molar-refractivity contribution in [3.63, 3.8) is 0 Å². The van der Waals surface area contributed by atoms with Crippen molar-refractivity contribution < 1.29 is 4.42 Å². The summed E-state index contributed by atoms with van der Waals surface area (Å²) in [7, 11) is 0. The molecule has 0 bridgehead atoms. The van der Waals surface area contributed by atoms with Gasteiger partial charge in [0.25, 0.3) is 0 Å². The molecule has 0 N–H and O–H groups in total. The molecule has 3 aromatic heterocycles. The van der Waals surface area contributed by atoms with Crippen LogP contribution in [-0.4, -0.2) is 19.7 Å². The highest BCUT2D eigenvalue weighted by Gasteiger charge is 2.22. The topological polar surface area (TPSA) is 56.7 Å². The van der Waals surface area contributed by atoms with E-state index in [2.05, 4.69) is 93.6 Å². The Morgan fingerprint density at radius 2 is 1.34 bits per heavy atom. The third-order valence-electron chi connectivity index (χ3n) is 7.13. The maximum atomic E-state index is 6.59. The first-order chi connectivity index (χ1) is 18.8. The molecule has 178 valence electrons. The second-order valence-electron chi connectivity index (χ2n) is 9.36. The first-order valence-corrected chi connectivity index (χ1v) is 12.6. The summed E-state index contributed by atoms with van der Waals surface area (Å²) in [5, 5.41) is 12.1. The maximum Gasteiger partial charge on any atom is 0.201 e. The molecule has 0 fully saturated rings. The minimum atomic E-state index is 0.599. The lowest BCUT2D eigenvalue weighted by Gasteiger charge is -2.10. The Labute approximate surface area is 217 Å². The molecule has 5 aromatic carbocycles. The molecule has 0 aliphatic heterocycles. The van der Waals surface area contributed by atoms with Gasteiger partial charge in [0.1, 0.15) is 16.7 Å². The van der Waals surface area contributed by atoms with Gasteiger partial charge in [-0.1, -0.05) is 84.9 Å². The van der Waals surface area contributed by atoms with Crippen molar-refractivity contribution in [2.45, 2.75) is 0 Å². The number of hydrogen-bond acceptors (Lipinski definition) is 4. The van der Waals surface area contributed by atoms with Gasteiger partial charge in [-0.3, -0.25) is 4.57 Å². The van der Waals surface area contributed by atoms with Crippen molar-refractivity contribution in [3.8, 4) is 28.2 Å². The predicted octanol–water partition coefficient (Wildman–Crippen LogP) is 8.20. The van der Waals surface area contributed by atoms with Crippen LogP contribution < -0.4 is 0 Å². The van der Waals surface area contributed by atoms with Gasteiger partial charge in [0.2, 0.25) is 5.65 Å². The number of imidazole rings is 1. The van der Waals surface area contributed by atoms with Crippen LogP contribution in [0.25, 0.3) is 72.2 Å². The van der Waals surface area contributed by atoms with Crippen molar-refractivity contribution in [2.24, 2.45) is 0 Å². The van der Waals surface area contributed by atoms with Crippen LogP contribution >= 0.6 is 0 Å². The fourth-order valence-electron chi connectivity index (χ4n) is 5.38. The quantitative estimate of drug-likeness (QED) is 0.251. The van der Waals surface area contributed by atoms with Crippen LogP contribution in [0, 0.1) is 0 Å². The molecule has 0 unspecified atom stereocenters. The van der Waals surface area contributed by atoms with E-state index in [0.717, 1.165) is 66.6 Å². The fourth-order valence-corrected chi connectivity index (χ4v) is 5.38. The van der Waals surface area contributed by atoms with E-state index in [1.54, 1.807) is 0 Å². The van der Waals surface area contributed by atoms with Gasteiger partial charge in [-0.15, -0.1) is 10.2 Å². The number of rotatable bonds is 3. The number of furan rings is 1. The molecule has 8 rings (SSSR count). The minimum absolute atomic E-state index is 0.599. The molecule has 0 spiro atoms. The Balaban J connectivity index is 1.44. The van der Waals surface area contributed by atoms with Crippen molar-refractivity contribution in [3.05, 3.63) is 121 Å². The summed E-state index contributed by atoms with van der Waals surface area (Å²) < 4.78 is 8.76. The molecular weight excluding hydrogens is 468 g/mol. The molecule has 0 aliphatic carbocycles. The first kappa shape index (κ1) is 20.9. The molecule has 38 heavy (non-hydrogen) atoms. The number of aromatic nitrogens is 4.